The van der Waals surface area contributed by atoms with Gasteiger partial charge in [-0.15, -0.1) is 0 Å². The van der Waals surface area contributed by atoms with E-state index in [9.17, 15) is 0 Å². The van der Waals surface area contributed by atoms with Crippen LogP contribution >= 0.6 is 0 Å². The van der Waals surface area contributed by atoms with Gasteiger partial charge in [-0.2, -0.15) is 0 Å². The van der Waals surface area contributed by atoms with Crippen LogP contribution in [0.25, 0.3) is 0 Å². The van der Waals surface area contributed by atoms with E-state index in [2.05, 4.69) is 0 Å². The molecule has 0 atom stereocenters. The first-order chi connectivity index (χ1) is 3.93. The molecule has 1 aliphatic rings. The van der Waals surface area contributed by atoms with E-state index in [1.807, 2.05) is 7.11 Å². The van der Waals surface area contributed by atoms with Crippen LogP contribution in [0.1, 0.15) is 19.3 Å². The van der Waals surface area contributed by atoms with Crippen molar-refractivity contribution >= 4 is 20.2 Å². The second-order valence-corrected chi connectivity index (χ2v) is 9.40. The Morgan fingerprint density at radius 3 is 2.12 bits per heavy atom. The van der Waals surface area contributed by atoms with E-state index in [0.717, 1.165) is 0 Å². The van der Waals surface area contributed by atoms with Crippen LogP contribution in [0.4, 0.5) is 0 Å². The summed E-state index contributed by atoms with van der Waals surface area (Å²) in [7, 11) is 1.90. The molecule has 1 radical (unpaired) electrons. The van der Waals surface area contributed by atoms with Crippen LogP contribution in [0.3, 0.4) is 0 Å². The zero-order valence-electron chi connectivity index (χ0n) is 5.44. The van der Waals surface area contributed by atoms with Gasteiger partial charge in [-0.05, 0) is 0 Å². The van der Waals surface area contributed by atoms with Gasteiger partial charge in [-0.1, -0.05) is 0 Å². The molecule has 1 nitrogen and oxygen atoms in total. The van der Waals surface area contributed by atoms with Crippen molar-refractivity contribution in [2.75, 3.05) is 7.11 Å². The van der Waals surface area contributed by atoms with Crippen molar-refractivity contribution in [1.82, 2.24) is 0 Å². The Kier molecular flexibility index (Phi) is 3.20. The quantitative estimate of drug-likeness (QED) is 0.612. The summed E-state index contributed by atoms with van der Waals surface area (Å²) < 4.78 is 8.36. The van der Waals surface area contributed by atoms with Crippen molar-refractivity contribution in [2.45, 2.75) is 28.1 Å². The molecule has 0 saturated carbocycles. The second-order valence-electron chi connectivity index (χ2n) is 2.30. The van der Waals surface area contributed by atoms with Crippen molar-refractivity contribution in [3.05, 3.63) is 0 Å². The van der Waals surface area contributed by atoms with Gasteiger partial charge in [-0.25, -0.2) is 0 Å². The summed E-state index contributed by atoms with van der Waals surface area (Å²) >= 11 is -1.10. The minimum absolute atomic E-state index is 1.10. The molecule has 47 valence electrons. The molecule has 0 N–H and O–H groups in total. The summed E-state index contributed by atoms with van der Waals surface area (Å²) in [6.07, 6.45) is 4.39. The first kappa shape index (κ1) is 6.87. The van der Waals surface area contributed by atoms with Gasteiger partial charge < -0.3 is 0 Å². The summed E-state index contributed by atoms with van der Waals surface area (Å²) in [5, 5.41) is 0. The van der Waals surface area contributed by atoms with Crippen LogP contribution in [-0.4, -0.2) is 27.3 Å². The summed E-state index contributed by atoms with van der Waals surface area (Å²) in [5.74, 6) is 0. The third-order valence-corrected chi connectivity index (χ3v) is 8.55. The average Bonchev–Trinajstić information content (AvgIpc) is 1.90. The average molecular weight is 220 g/mol. The third kappa shape index (κ3) is 1.94. The van der Waals surface area contributed by atoms with Gasteiger partial charge in [0, 0.05) is 0 Å². The first-order valence-corrected chi connectivity index (χ1v) is 8.52. The van der Waals surface area contributed by atoms with Crippen LogP contribution in [0.2, 0.25) is 8.87 Å². The minimum atomic E-state index is -1.10. The van der Waals surface area contributed by atoms with Crippen molar-refractivity contribution in [1.29, 1.82) is 0 Å². The van der Waals surface area contributed by atoms with Gasteiger partial charge in [0.05, 0.1) is 0 Å². The van der Waals surface area contributed by atoms with E-state index >= 15 is 0 Å². The van der Waals surface area contributed by atoms with Gasteiger partial charge in [0.1, 0.15) is 0 Å². The molecule has 0 aromatic rings. The van der Waals surface area contributed by atoms with Crippen LogP contribution in [-0.2, 0) is 3.07 Å². The molecule has 1 aliphatic heterocycles. The second kappa shape index (κ2) is 3.72. The fourth-order valence-electron chi connectivity index (χ4n) is 1.15. The van der Waals surface area contributed by atoms with Crippen LogP contribution in [0.15, 0.2) is 0 Å². The van der Waals surface area contributed by atoms with Crippen LogP contribution in [0.5, 0.6) is 0 Å². The Bertz CT molecular complexity index is 59.5. The van der Waals surface area contributed by atoms with E-state index in [0.29, 0.717) is 0 Å². The van der Waals surface area contributed by atoms with E-state index in [4.69, 9.17) is 3.07 Å². The summed E-state index contributed by atoms with van der Waals surface area (Å²) in [6, 6.07) is 0. The molecule has 0 amide bonds. The van der Waals surface area contributed by atoms with Crippen molar-refractivity contribution < 1.29 is 3.07 Å². The molecule has 0 bridgehead atoms. The SMILES string of the molecule is C[O][Sn]1[CH2]CCC[CH2]1. The Balaban J connectivity index is 2.13. The van der Waals surface area contributed by atoms with Gasteiger partial charge in [0.15, 0.2) is 0 Å². The van der Waals surface area contributed by atoms with E-state index in [-0.39, 0.29) is 0 Å². The van der Waals surface area contributed by atoms with E-state index in [1.54, 1.807) is 0 Å². The fourth-order valence-corrected chi connectivity index (χ4v) is 6.71. The van der Waals surface area contributed by atoms with Gasteiger partial charge >= 0.3 is 58.5 Å². The molecule has 0 spiro atoms. The molecule has 0 aromatic heterocycles. The zero-order chi connectivity index (χ0) is 5.82. The molecule has 2 heteroatoms. The number of hydrogen-bond donors (Lipinski definition) is 0. The Labute approximate surface area is 58.7 Å². The maximum atomic E-state index is 5.39. The van der Waals surface area contributed by atoms with Crippen molar-refractivity contribution in [2.24, 2.45) is 0 Å². The third-order valence-electron chi connectivity index (χ3n) is 1.70. The molecule has 1 heterocycles. The number of hydrogen-bond acceptors (Lipinski definition) is 1. The Hall–Kier alpha value is 0.759. The summed E-state index contributed by atoms with van der Waals surface area (Å²) in [6.45, 7) is 0. The summed E-state index contributed by atoms with van der Waals surface area (Å²) in [4.78, 5) is 0. The standard InChI is InChI=1S/C5H10.CH3O.Sn/c1-3-5-4-2;1-2;/h1-5H2;1H3;/q;-1;+1. The molecular weight excluding hydrogens is 207 g/mol. The van der Waals surface area contributed by atoms with Gasteiger partial charge in [0.25, 0.3) is 0 Å². The fraction of sp³-hybridized carbons (Fsp3) is 1.00. The van der Waals surface area contributed by atoms with Crippen LogP contribution in [0, 0.1) is 0 Å². The molecule has 0 unspecified atom stereocenters. The molecule has 1 fully saturated rings. The normalized spacial score (nSPS) is 23.6. The molecule has 1 saturated heterocycles. The predicted molar refractivity (Wildman–Crippen MR) is 36.2 cm³/mol. The summed E-state index contributed by atoms with van der Waals surface area (Å²) in [5.41, 5.74) is 0. The Morgan fingerprint density at radius 1 is 1.12 bits per heavy atom. The Morgan fingerprint density at radius 2 is 1.75 bits per heavy atom. The molecule has 0 aromatic carbocycles. The number of rotatable bonds is 1. The predicted octanol–water partition coefficient (Wildman–Crippen LogP) is 1.81. The molecule has 1 rings (SSSR count). The van der Waals surface area contributed by atoms with Crippen molar-refractivity contribution in [3.63, 3.8) is 0 Å². The zero-order valence-corrected chi connectivity index (χ0v) is 8.30. The van der Waals surface area contributed by atoms with E-state index < -0.39 is 20.2 Å². The van der Waals surface area contributed by atoms with Crippen LogP contribution < -0.4 is 0 Å². The molecular formula is C6H13OSn. The van der Waals surface area contributed by atoms with Gasteiger partial charge in [-0.3, -0.25) is 0 Å². The maximum absolute atomic E-state index is 5.39. The molecule has 8 heavy (non-hydrogen) atoms. The van der Waals surface area contributed by atoms with E-state index in [1.165, 1.54) is 28.1 Å². The first-order valence-electron chi connectivity index (χ1n) is 3.32. The van der Waals surface area contributed by atoms with Crippen molar-refractivity contribution in [3.8, 4) is 0 Å². The molecule has 0 aliphatic carbocycles. The topological polar surface area (TPSA) is 9.23 Å². The van der Waals surface area contributed by atoms with Gasteiger partial charge in [0.2, 0.25) is 0 Å². The monoisotopic (exact) mass is 221 g/mol.